The minimum Gasteiger partial charge on any atom is -0.327 e. The third-order valence-electron chi connectivity index (χ3n) is 4.79. The number of nitrogens with zero attached hydrogens (tertiary/aromatic N) is 1. The Hall–Kier alpha value is -0.410. The van der Waals surface area contributed by atoms with Crippen LogP contribution in [0.5, 0.6) is 0 Å². The summed E-state index contributed by atoms with van der Waals surface area (Å²) in [5, 5.41) is 0. The molecule has 17 heavy (non-hydrogen) atoms. The van der Waals surface area contributed by atoms with E-state index in [1.807, 2.05) is 18.3 Å². The lowest BCUT2D eigenvalue weighted by molar-refractivity contribution is 0.457. The molecular weight excluding hydrogens is 276 g/mol. The van der Waals surface area contributed by atoms with Gasteiger partial charge < -0.3 is 5.73 Å². The summed E-state index contributed by atoms with van der Waals surface area (Å²) in [6.45, 7) is 9.25. The number of aromatic nitrogens is 1. The molecule has 1 atom stereocenters. The molecule has 1 saturated carbocycles. The topological polar surface area (TPSA) is 38.9 Å². The number of halogens is 1. The Labute approximate surface area is 112 Å². The van der Waals surface area contributed by atoms with Crippen LogP contribution < -0.4 is 5.73 Å². The van der Waals surface area contributed by atoms with Crippen LogP contribution in [0.4, 0.5) is 0 Å². The summed E-state index contributed by atoms with van der Waals surface area (Å²) in [6, 6.07) is 4.28. The Bertz CT molecular complexity index is 395. The highest BCUT2D eigenvalue weighted by molar-refractivity contribution is 9.10. The highest BCUT2D eigenvalue weighted by Gasteiger charge is 2.66. The third-order valence-corrected chi connectivity index (χ3v) is 5.26. The normalized spacial score (nSPS) is 23.4. The second-order valence-electron chi connectivity index (χ2n) is 6.26. The van der Waals surface area contributed by atoms with Crippen LogP contribution in [0.25, 0.3) is 0 Å². The van der Waals surface area contributed by atoms with E-state index in [0.29, 0.717) is 16.7 Å². The molecule has 94 valence electrons. The zero-order chi connectivity index (χ0) is 12.8. The van der Waals surface area contributed by atoms with Gasteiger partial charge >= 0.3 is 0 Å². The van der Waals surface area contributed by atoms with Crippen molar-refractivity contribution in [2.45, 2.75) is 40.2 Å². The zero-order valence-electron chi connectivity index (χ0n) is 11.0. The fourth-order valence-electron chi connectivity index (χ4n) is 3.20. The predicted molar refractivity (Wildman–Crippen MR) is 74.7 cm³/mol. The van der Waals surface area contributed by atoms with Crippen LogP contribution in [0.1, 0.15) is 33.4 Å². The van der Waals surface area contributed by atoms with Crippen molar-refractivity contribution in [2.24, 2.45) is 22.5 Å². The highest BCUT2D eigenvalue weighted by Crippen LogP contribution is 2.69. The van der Waals surface area contributed by atoms with E-state index in [1.165, 1.54) is 0 Å². The number of rotatable bonds is 3. The number of pyridine rings is 1. The molecule has 0 spiro atoms. The molecule has 0 aliphatic heterocycles. The lowest BCUT2D eigenvalue weighted by Gasteiger charge is -2.13. The summed E-state index contributed by atoms with van der Waals surface area (Å²) in [6.07, 6.45) is 2.70. The van der Waals surface area contributed by atoms with Crippen LogP contribution >= 0.6 is 15.9 Å². The molecule has 1 aliphatic carbocycles. The number of nitrogens with two attached hydrogens (primary N) is 1. The lowest BCUT2D eigenvalue weighted by atomic mass is 10.0. The second-order valence-corrected chi connectivity index (χ2v) is 7.17. The molecule has 1 aliphatic rings. The van der Waals surface area contributed by atoms with Gasteiger partial charge in [-0.2, -0.15) is 0 Å². The Morgan fingerprint density at radius 3 is 2.29 bits per heavy atom. The maximum atomic E-state index is 6.35. The molecule has 1 fully saturated rings. The van der Waals surface area contributed by atoms with Gasteiger partial charge in [0, 0.05) is 28.8 Å². The fourth-order valence-corrected chi connectivity index (χ4v) is 3.44. The van der Waals surface area contributed by atoms with Crippen molar-refractivity contribution < 1.29 is 0 Å². The van der Waals surface area contributed by atoms with Crippen molar-refractivity contribution in [3.05, 3.63) is 28.5 Å². The van der Waals surface area contributed by atoms with E-state index in [1.54, 1.807) is 0 Å². The molecule has 1 aromatic heterocycles. The van der Waals surface area contributed by atoms with Gasteiger partial charge in [0.25, 0.3) is 0 Å². The first kappa shape index (κ1) is 13.0. The number of hydrogen-bond donors (Lipinski definition) is 1. The van der Waals surface area contributed by atoms with Crippen LogP contribution in [0.3, 0.4) is 0 Å². The SMILES string of the molecule is CC1(C)C(C(N)Cc2ccc(Br)cn2)C1(C)C. The lowest BCUT2D eigenvalue weighted by Crippen LogP contribution is -2.28. The van der Waals surface area contributed by atoms with E-state index in [4.69, 9.17) is 5.73 Å². The highest BCUT2D eigenvalue weighted by atomic mass is 79.9. The average Bonchev–Trinajstić information content (AvgIpc) is 2.61. The van der Waals surface area contributed by atoms with Crippen molar-refractivity contribution >= 4 is 15.9 Å². The standard InChI is InChI=1S/C14H21BrN2/c1-13(2)12(14(13,3)4)11(16)7-10-6-5-9(15)8-17-10/h5-6,8,11-12H,7,16H2,1-4H3. The van der Waals surface area contributed by atoms with Crippen LogP contribution in [0.15, 0.2) is 22.8 Å². The molecule has 2 rings (SSSR count). The zero-order valence-corrected chi connectivity index (χ0v) is 12.6. The van der Waals surface area contributed by atoms with Gasteiger partial charge in [0.15, 0.2) is 0 Å². The summed E-state index contributed by atoms with van der Waals surface area (Å²) in [5.41, 5.74) is 8.13. The van der Waals surface area contributed by atoms with Crippen LogP contribution in [0.2, 0.25) is 0 Å². The molecule has 0 amide bonds. The molecule has 0 radical (unpaired) electrons. The molecular formula is C14H21BrN2. The first-order valence-electron chi connectivity index (χ1n) is 6.13. The summed E-state index contributed by atoms with van der Waals surface area (Å²) in [4.78, 5) is 4.40. The van der Waals surface area contributed by atoms with Gasteiger partial charge in [-0.1, -0.05) is 27.7 Å². The summed E-state index contributed by atoms with van der Waals surface area (Å²) < 4.78 is 1.02. The van der Waals surface area contributed by atoms with E-state index in [9.17, 15) is 0 Å². The summed E-state index contributed by atoms with van der Waals surface area (Å²) in [5.74, 6) is 0.584. The molecule has 3 heteroatoms. The van der Waals surface area contributed by atoms with Crippen LogP contribution in [0, 0.1) is 16.7 Å². The van der Waals surface area contributed by atoms with Crippen LogP contribution in [-0.2, 0) is 6.42 Å². The summed E-state index contributed by atoms with van der Waals surface area (Å²) >= 11 is 3.40. The van der Waals surface area contributed by atoms with Gasteiger partial charge in [-0.3, -0.25) is 4.98 Å². The number of hydrogen-bond acceptors (Lipinski definition) is 2. The Morgan fingerprint density at radius 1 is 1.29 bits per heavy atom. The molecule has 1 aromatic rings. The van der Waals surface area contributed by atoms with Crippen molar-refractivity contribution in [2.75, 3.05) is 0 Å². The van der Waals surface area contributed by atoms with E-state index in [2.05, 4.69) is 48.6 Å². The van der Waals surface area contributed by atoms with E-state index < -0.39 is 0 Å². The first-order valence-corrected chi connectivity index (χ1v) is 6.92. The molecule has 0 aromatic carbocycles. The molecule has 1 unspecified atom stereocenters. The van der Waals surface area contributed by atoms with Gasteiger partial charge in [0.2, 0.25) is 0 Å². The second kappa shape index (κ2) is 4.06. The van der Waals surface area contributed by atoms with E-state index >= 15 is 0 Å². The van der Waals surface area contributed by atoms with Crippen molar-refractivity contribution in [3.63, 3.8) is 0 Å². The van der Waals surface area contributed by atoms with Crippen molar-refractivity contribution in [1.82, 2.24) is 4.98 Å². The fraction of sp³-hybridized carbons (Fsp3) is 0.643. The largest absolute Gasteiger partial charge is 0.327 e. The molecule has 0 bridgehead atoms. The maximum absolute atomic E-state index is 6.35. The first-order chi connectivity index (χ1) is 7.76. The quantitative estimate of drug-likeness (QED) is 0.928. The van der Waals surface area contributed by atoms with E-state index in [-0.39, 0.29) is 6.04 Å². The van der Waals surface area contributed by atoms with Crippen molar-refractivity contribution in [3.8, 4) is 0 Å². The van der Waals surface area contributed by atoms with Gasteiger partial charge in [-0.05, 0) is 44.8 Å². The molecule has 1 heterocycles. The van der Waals surface area contributed by atoms with E-state index in [0.717, 1.165) is 16.6 Å². The minimum absolute atomic E-state index is 0.202. The third kappa shape index (κ3) is 2.15. The van der Waals surface area contributed by atoms with Gasteiger partial charge in [-0.15, -0.1) is 0 Å². The Morgan fingerprint density at radius 2 is 1.88 bits per heavy atom. The predicted octanol–water partition coefficient (Wildman–Crippen LogP) is 3.40. The molecule has 2 N–H and O–H groups in total. The monoisotopic (exact) mass is 296 g/mol. The smallest absolute Gasteiger partial charge is 0.0420 e. The van der Waals surface area contributed by atoms with Crippen molar-refractivity contribution in [1.29, 1.82) is 0 Å². The average molecular weight is 297 g/mol. The van der Waals surface area contributed by atoms with Gasteiger partial charge in [-0.25, -0.2) is 0 Å². The minimum atomic E-state index is 0.202. The van der Waals surface area contributed by atoms with Gasteiger partial charge in [0.1, 0.15) is 0 Å². The van der Waals surface area contributed by atoms with Crippen LogP contribution in [-0.4, -0.2) is 11.0 Å². The summed E-state index contributed by atoms with van der Waals surface area (Å²) in [7, 11) is 0. The van der Waals surface area contributed by atoms with Gasteiger partial charge in [0.05, 0.1) is 0 Å². The molecule has 2 nitrogen and oxygen atoms in total. The molecule has 0 saturated heterocycles. The Balaban J connectivity index is 2.04. The Kier molecular flexibility index (Phi) is 3.11. The maximum Gasteiger partial charge on any atom is 0.0420 e.